The SMILES string of the molecule is CCn1nc(C(=O)OCc2cccc(C(F)(F)F)c2)cc(Nc2cncc3ccccc23)c1=O. The number of anilines is 2. The first-order chi connectivity index (χ1) is 16.3. The molecule has 34 heavy (non-hydrogen) atoms. The van der Waals surface area contributed by atoms with Gasteiger partial charge in [0, 0.05) is 29.6 Å². The van der Waals surface area contributed by atoms with E-state index in [-0.39, 0.29) is 30.1 Å². The van der Waals surface area contributed by atoms with Crippen molar-refractivity contribution in [2.45, 2.75) is 26.3 Å². The number of aryl methyl sites for hydroxylation is 1. The summed E-state index contributed by atoms with van der Waals surface area (Å²) in [5.74, 6) is -0.876. The minimum absolute atomic E-state index is 0.0843. The number of pyridine rings is 1. The molecule has 4 aromatic rings. The molecule has 0 unspecified atom stereocenters. The number of nitrogens with one attached hydrogen (secondary N) is 1. The molecule has 2 aromatic heterocycles. The van der Waals surface area contributed by atoms with Crippen molar-refractivity contribution in [3.05, 3.63) is 94.2 Å². The van der Waals surface area contributed by atoms with Gasteiger partial charge in [0.15, 0.2) is 5.69 Å². The van der Waals surface area contributed by atoms with Crippen LogP contribution in [0.3, 0.4) is 0 Å². The quantitative estimate of drug-likeness (QED) is 0.404. The maximum atomic E-state index is 12.9. The molecule has 0 amide bonds. The van der Waals surface area contributed by atoms with Gasteiger partial charge >= 0.3 is 12.1 Å². The Morgan fingerprint density at radius 1 is 1.06 bits per heavy atom. The van der Waals surface area contributed by atoms with Gasteiger partial charge in [0.05, 0.1) is 17.4 Å². The average Bonchev–Trinajstić information content (AvgIpc) is 2.83. The van der Waals surface area contributed by atoms with E-state index in [9.17, 15) is 22.8 Å². The van der Waals surface area contributed by atoms with E-state index in [2.05, 4.69) is 15.4 Å². The molecule has 1 N–H and O–H groups in total. The molecule has 0 aliphatic rings. The molecule has 0 aliphatic carbocycles. The zero-order valence-corrected chi connectivity index (χ0v) is 18.0. The van der Waals surface area contributed by atoms with Gasteiger partial charge in [-0.25, -0.2) is 9.48 Å². The second-order valence-corrected chi connectivity index (χ2v) is 7.37. The molecular weight excluding hydrogens is 449 g/mol. The van der Waals surface area contributed by atoms with E-state index in [0.717, 1.165) is 27.6 Å². The third-order valence-corrected chi connectivity index (χ3v) is 5.04. The first-order valence-corrected chi connectivity index (χ1v) is 10.3. The highest BCUT2D eigenvalue weighted by molar-refractivity contribution is 5.95. The van der Waals surface area contributed by atoms with Gasteiger partial charge in [0.2, 0.25) is 0 Å². The van der Waals surface area contributed by atoms with E-state index >= 15 is 0 Å². The lowest BCUT2D eigenvalue weighted by Gasteiger charge is -2.12. The second-order valence-electron chi connectivity index (χ2n) is 7.37. The maximum Gasteiger partial charge on any atom is 0.416 e. The number of carbonyl (C=O) groups excluding carboxylic acids is 1. The molecule has 0 saturated carbocycles. The molecular formula is C24H19F3N4O3. The van der Waals surface area contributed by atoms with Crippen LogP contribution in [0.1, 0.15) is 28.5 Å². The summed E-state index contributed by atoms with van der Waals surface area (Å²) in [6.45, 7) is 1.50. The van der Waals surface area contributed by atoms with Gasteiger partial charge in [0.1, 0.15) is 12.3 Å². The largest absolute Gasteiger partial charge is 0.456 e. The summed E-state index contributed by atoms with van der Waals surface area (Å²) in [4.78, 5) is 29.6. The van der Waals surface area contributed by atoms with Crippen LogP contribution in [0.2, 0.25) is 0 Å². The standard InChI is InChI=1S/C24H19F3N4O3/c1-2-31-22(32)19(29-21-13-28-12-16-7-3-4-9-18(16)21)11-20(30-31)23(33)34-14-15-6-5-8-17(10-15)24(25,26)27/h3-13,29H,2,14H2,1H3. The Morgan fingerprint density at radius 2 is 1.85 bits per heavy atom. The summed E-state index contributed by atoms with van der Waals surface area (Å²) in [5.41, 5.74) is -0.636. The monoisotopic (exact) mass is 468 g/mol. The van der Waals surface area contributed by atoms with Crippen molar-refractivity contribution < 1.29 is 22.7 Å². The number of esters is 1. The predicted octanol–water partition coefficient (Wildman–Crippen LogP) is 4.93. The highest BCUT2D eigenvalue weighted by atomic mass is 19.4. The van der Waals surface area contributed by atoms with Crippen molar-refractivity contribution in [3.8, 4) is 0 Å². The van der Waals surface area contributed by atoms with E-state index in [1.54, 1.807) is 19.3 Å². The summed E-state index contributed by atoms with van der Waals surface area (Å²) >= 11 is 0. The molecule has 0 bridgehead atoms. The highest BCUT2D eigenvalue weighted by Gasteiger charge is 2.30. The third-order valence-electron chi connectivity index (χ3n) is 5.04. The second kappa shape index (κ2) is 9.34. The number of rotatable bonds is 6. The van der Waals surface area contributed by atoms with E-state index in [1.807, 2.05) is 24.3 Å². The molecule has 0 atom stereocenters. The van der Waals surface area contributed by atoms with Crippen molar-refractivity contribution in [1.29, 1.82) is 0 Å². The normalized spacial score (nSPS) is 11.4. The van der Waals surface area contributed by atoms with Gasteiger partial charge in [-0.3, -0.25) is 9.78 Å². The van der Waals surface area contributed by atoms with Gasteiger partial charge in [-0.05, 0) is 24.6 Å². The number of fused-ring (bicyclic) bond motifs is 1. The molecule has 4 rings (SSSR count). The van der Waals surface area contributed by atoms with E-state index in [1.165, 1.54) is 18.2 Å². The lowest BCUT2D eigenvalue weighted by Crippen LogP contribution is -2.27. The molecule has 0 aliphatic heterocycles. The molecule has 0 radical (unpaired) electrons. The smallest absolute Gasteiger partial charge is 0.416 e. The van der Waals surface area contributed by atoms with Crippen LogP contribution >= 0.6 is 0 Å². The number of benzene rings is 2. The number of hydrogen-bond donors (Lipinski definition) is 1. The Balaban J connectivity index is 1.60. The van der Waals surface area contributed by atoms with E-state index in [0.29, 0.717) is 5.69 Å². The lowest BCUT2D eigenvalue weighted by atomic mass is 10.1. The maximum absolute atomic E-state index is 12.9. The summed E-state index contributed by atoms with van der Waals surface area (Å²) in [5, 5.41) is 8.72. The van der Waals surface area contributed by atoms with Crippen molar-refractivity contribution in [3.63, 3.8) is 0 Å². The number of alkyl halides is 3. The summed E-state index contributed by atoms with van der Waals surface area (Å²) in [6.07, 6.45) is -1.26. The van der Waals surface area contributed by atoms with Crippen LogP contribution in [0.25, 0.3) is 10.8 Å². The van der Waals surface area contributed by atoms with Gasteiger partial charge in [-0.2, -0.15) is 18.3 Å². The third kappa shape index (κ3) is 4.90. The molecule has 10 heteroatoms. The fourth-order valence-corrected chi connectivity index (χ4v) is 3.37. The van der Waals surface area contributed by atoms with Crippen molar-refractivity contribution in [2.24, 2.45) is 0 Å². The Kier molecular flexibility index (Phi) is 6.31. The highest BCUT2D eigenvalue weighted by Crippen LogP contribution is 2.29. The van der Waals surface area contributed by atoms with Crippen LogP contribution in [0.4, 0.5) is 24.5 Å². The molecule has 0 fully saturated rings. The Morgan fingerprint density at radius 3 is 2.62 bits per heavy atom. The zero-order valence-electron chi connectivity index (χ0n) is 18.0. The topological polar surface area (TPSA) is 86.1 Å². The number of hydrogen-bond acceptors (Lipinski definition) is 6. The number of ether oxygens (including phenoxy) is 1. The van der Waals surface area contributed by atoms with Gasteiger partial charge in [-0.15, -0.1) is 0 Å². The zero-order chi connectivity index (χ0) is 24.3. The minimum atomic E-state index is -4.50. The molecule has 174 valence electrons. The molecule has 2 heterocycles. The van der Waals surface area contributed by atoms with Crippen LogP contribution in [-0.2, 0) is 24.1 Å². The van der Waals surface area contributed by atoms with Crippen molar-refractivity contribution >= 4 is 28.1 Å². The number of carbonyl (C=O) groups is 1. The van der Waals surface area contributed by atoms with E-state index in [4.69, 9.17) is 4.74 Å². The number of nitrogens with zero attached hydrogens (tertiary/aromatic N) is 3. The lowest BCUT2D eigenvalue weighted by molar-refractivity contribution is -0.137. The predicted molar refractivity (Wildman–Crippen MR) is 120 cm³/mol. The minimum Gasteiger partial charge on any atom is -0.456 e. The molecule has 2 aromatic carbocycles. The molecule has 0 spiro atoms. The Labute approximate surface area is 191 Å². The first-order valence-electron chi connectivity index (χ1n) is 10.3. The average molecular weight is 468 g/mol. The Hall–Kier alpha value is -4.21. The van der Waals surface area contributed by atoms with Gasteiger partial charge < -0.3 is 10.1 Å². The van der Waals surface area contributed by atoms with Crippen LogP contribution < -0.4 is 10.9 Å². The van der Waals surface area contributed by atoms with E-state index < -0.39 is 23.3 Å². The van der Waals surface area contributed by atoms with Crippen LogP contribution in [0, 0.1) is 0 Å². The summed E-state index contributed by atoms with van der Waals surface area (Å²) in [7, 11) is 0. The summed E-state index contributed by atoms with van der Waals surface area (Å²) < 4.78 is 45.0. The van der Waals surface area contributed by atoms with Gasteiger partial charge in [0.25, 0.3) is 5.56 Å². The fraction of sp³-hybridized carbons (Fsp3) is 0.167. The molecule has 7 nitrogen and oxygen atoms in total. The summed E-state index contributed by atoms with van der Waals surface area (Å²) in [6, 6.07) is 13.2. The first kappa shape index (κ1) is 23.0. The van der Waals surface area contributed by atoms with Crippen LogP contribution in [-0.4, -0.2) is 20.7 Å². The van der Waals surface area contributed by atoms with Gasteiger partial charge in [-0.1, -0.05) is 36.4 Å². The van der Waals surface area contributed by atoms with Crippen molar-refractivity contribution in [2.75, 3.05) is 5.32 Å². The fourth-order valence-electron chi connectivity index (χ4n) is 3.37. The number of halogens is 3. The van der Waals surface area contributed by atoms with Crippen molar-refractivity contribution in [1.82, 2.24) is 14.8 Å². The van der Waals surface area contributed by atoms with Crippen LogP contribution in [0.15, 0.2) is 71.8 Å². The molecule has 0 saturated heterocycles. The number of aromatic nitrogens is 3. The van der Waals surface area contributed by atoms with Crippen LogP contribution in [0.5, 0.6) is 0 Å². The Bertz CT molecular complexity index is 1410.